The van der Waals surface area contributed by atoms with Crippen LogP contribution in [0.1, 0.15) is 6.42 Å². The second-order valence-corrected chi connectivity index (χ2v) is 10.0. The molecule has 0 bridgehead atoms. The van der Waals surface area contributed by atoms with E-state index in [1.165, 1.54) is 21.1 Å². The summed E-state index contributed by atoms with van der Waals surface area (Å²) < 4.78 is 247. The third kappa shape index (κ3) is 5.81. The lowest BCUT2D eigenvalue weighted by Crippen LogP contribution is -3.00. The van der Waals surface area contributed by atoms with Gasteiger partial charge in [0.05, 0.1) is 27.7 Å². The first-order valence-electron chi connectivity index (χ1n) is 8.72. The van der Waals surface area contributed by atoms with Crippen molar-refractivity contribution in [1.82, 2.24) is 4.72 Å². The van der Waals surface area contributed by atoms with E-state index in [-0.39, 0.29) is 15.7 Å². The molecule has 0 aromatic rings. The lowest BCUT2D eigenvalue weighted by atomic mass is 9.91. The van der Waals surface area contributed by atoms with Gasteiger partial charge in [-0.25, -0.2) is 13.1 Å². The summed E-state index contributed by atoms with van der Waals surface area (Å²) in [4.78, 5) is 0. The third-order valence-corrected chi connectivity index (χ3v) is 5.84. The summed E-state index contributed by atoms with van der Waals surface area (Å²) in [5, 5.41) is -7.53. The van der Waals surface area contributed by atoms with Gasteiger partial charge in [0.25, 0.3) is 10.0 Å². The van der Waals surface area contributed by atoms with E-state index in [1.54, 1.807) is 0 Å². The average molecular weight is 618 g/mol. The molecule has 0 fully saturated rings. The van der Waals surface area contributed by atoms with E-state index in [4.69, 9.17) is 0 Å². The first kappa shape index (κ1) is 37.8. The number of alkyl halides is 17. The maximum atomic E-state index is 13.8. The predicted octanol–water partition coefficient (Wildman–Crippen LogP) is 1.97. The first-order chi connectivity index (χ1) is 15.2. The molecule has 23 heteroatoms. The SMILES string of the molecule is C[N+](C)(C)CCCNS(=O)(=O)C(F)(F)C(F)(F)C(F)(F)C(F)(F)C(F)(F)C(F)(F)C(F)(F)C(F)(F)F.[F-]. The minimum absolute atomic E-state index is 0. The van der Waals surface area contributed by atoms with E-state index in [0.717, 1.165) is 0 Å². The van der Waals surface area contributed by atoms with Crippen LogP contribution in [0, 0.1) is 0 Å². The molecular formula is C14H16F18N2O2S. The number of quaternary nitrogens is 1. The summed E-state index contributed by atoms with van der Waals surface area (Å²) in [5.41, 5.74) is 0. The van der Waals surface area contributed by atoms with E-state index in [9.17, 15) is 83.1 Å². The molecule has 0 heterocycles. The fourth-order valence-corrected chi connectivity index (χ4v) is 3.23. The minimum atomic E-state index is -8.83. The highest BCUT2D eigenvalue weighted by atomic mass is 32.2. The molecule has 37 heavy (non-hydrogen) atoms. The van der Waals surface area contributed by atoms with Crippen molar-refractivity contribution < 1.29 is 92.2 Å². The van der Waals surface area contributed by atoms with Crippen LogP contribution in [0.4, 0.5) is 74.6 Å². The van der Waals surface area contributed by atoms with Crippen LogP contribution in [0.2, 0.25) is 0 Å². The van der Waals surface area contributed by atoms with Crippen molar-refractivity contribution in [3.8, 4) is 0 Å². The van der Waals surface area contributed by atoms with Crippen molar-refractivity contribution >= 4 is 10.0 Å². The Hall–Kier alpha value is -1.39. The van der Waals surface area contributed by atoms with Crippen molar-refractivity contribution in [3.05, 3.63) is 0 Å². The van der Waals surface area contributed by atoms with E-state index in [0.29, 0.717) is 4.72 Å². The van der Waals surface area contributed by atoms with E-state index >= 15 is 0 Å². The Labute approximate surface area is 195 Å². The lowest BCUT2D eigenvalue weighted by molar-refractivity contribution is -0.870. The highest BCUT2D eigenvalue weighted by Gasteiger charge is 2.96. The molecule has 0 spiro atoms. The molecular weight excluding hydrogens is 602 g/mol. The molecule has 0 aromatic heterocycles. The van der Waals surface area contributed by atoms with Gasteiger partial charge >= 0.3 is 47.0 Å². The Kier molecular flexibility index (Phi) is 10.2. The topological polar surface area (TPSA) is 46.2 Å². The van der Waals surface area contributed by atoms with E-state index in [1.807, 2.05) is 0 Å². The summed E-state index contributed by atoms with van der Waals surface area (Å²) in [6.45, 7) is -1.38. The Morgan fingerprint density at radius 3 is 1.16 bits per heavy atom. The number of sulfonamides is 1. The zero-order chi connectivity index (χ0) is 29.8. The van der Waals surface area contributed by atoms with Crippen LogP contribution in [-0.4, -0.2) is 94.1 Å². The van der Waals surface area contributed by atoms with Gasteiger partial charge in [-0.2, -0.15) is 74.6 Å². The highest BCUT2D eigenvalue weighted by molar-refractivity contribution is 7.90. The first-order valence-corrected chi connectivity index (χ1v) is 10.2. The molecule has 0 aliphatic heterocycles. The zero-order valence-electron chi connectivity index (χ0n) is 18.1. The maximum absolute atomic E-state index is 13.8. The molecule has 0 aromatic carbocycles. The quantitative estimate of drug-likeness (QED) is 0.207. The zero-order valence-corrected chi connectivity index (χ0v) is 18.9. The fraction of sp³-hybridized carbons (Fsp3) is 1.00. The van der Waals surface area contributed by atoms with Crippen LogP contribution in [0.3, 0.4) is 0 Å². The number of nitrogens with zero attached hydrogens (tertiary/aromatic N) is 1. The summed E-state index contributed by atoms with van der Waals surface area (Å²) >= 11 is 0. The van der Waals surface area contributed by atoms with Gasteiger partial charge in [0.2, 0.25) is 0 Å². The molecule has 0 saturated heterocycles. The number of halogens is 18. The average Bonchev–Trinajstić information content (AvgIpc) is 2.62. The maximum Gasteiger partial charge on any atom is 0.460 e. The van der Waals surface area contributed by atoms with E-state index in [2.05, 4.69) is 0 Å². The van der Waals surface area contributed by atoms with Gasteiger partial charge in [-0.15, -0.1) is 0 Å². The summed E-state index contributed by atoms with van der Waals surface area (Å²) in [7, 11) is -2.94. The largest absolute Gasteiger partial charge is 1.00 e. The summed E-state index contributed by atoms with van der Waals surface area (Å²) in [6, 6.07) is 0. The molecule has 0 saturated carbocycles. The molecule has 0 unspecified atom stereocenters. The van der Waals surface area contributed by atoms with Crippen LogP contribution in [0.15, 0.2) is 0 Å². The minimum Gasteiger partial charge on any atom is -1.00 e. The third-order valence-electron chi connectivity index (χ3n) is 4.33. The van der Waals surface area contributed by atoms with Gasteiger partial charge in [-0.1, -0.05) is 0 Å². The summed E-state index contributed by atoms with van der Waals surface area (Å²) in [5.74, 6) is -51.5. The normalized spacial score (nSPS) is 16.0. The van der Waals surface area contributed by atoms with Crippen LogP contribution in [-0.2, 0) is 10.0 Å². The fourth-order valence-electron chi connectivity index (χ4n) is 2.17. The van der Waals surface area contributed by atoms with Gasteiger partial charge < -0.3 is 9.19 Å². The van der Waals surface area contributed by atoms with Crippen molar-refractivity contribution in [2.75, 3.05) is 34.2 Å². The smallest absolute Gasteiger partial charge is 0.460 e. The Morgan fingerprint density at radius 1 is 0.568 bits per heavy atom. The van der Waals surface area contributed by atoms with Crippen LogP contribution >= 0.6 is 0 Å². The molecule has 0 rings (SSSR count). The van der Waals surface area contributed by atoms with Crippen LogP contribution in [0.5, 0.6) is 0 Å². The number of nitrogens with one attached hydrogen (secondary N) is 1. The van der Waals surface area contributed by atoms with Crippen molar-refractivity contribution in [3.63, 3.8) is 0 Å². The van der Waals surface area contributed by atoms with E-state index < -0.39 is 70.0 Å². The second-order valence-electron chi connectivity index (χ2n) is 8.23. The number of rotatable bonds is 12. The molecule has 4 nitrogen and oxygen atoms in total. The van der Waals surface area contributed by atoms with Gasteiger partial charge in [0.1, 0.15) is 0 Å². The van der Waals surface area contributed by atoms with Crippen molar-refractivity contribution in [2.45, 2.75) is 53.4 Å². The van der Waals surface area contributed by atoms with Crippen molar-refractivity contribution in [1.29, 1.82) is 0 Å². The Morgan fingerprint density at radius 2 is 0.865 bits per heavy atom. The number of hydrogen-bond donors (Lipinski definition) is 1. The van der Waals surface area contributed by atoms with Crippen LogP contribution in [0.25, 0.3) is 0 Å². The molecule has 0 aliphatic rings. The van der Waals surface area contributed by atoms with Gasteiger partial charge in [0, 0.05) is 13.0 Å². The van der Waals surface area contributed by atoms with Gasteiger partial charge in [0.15, 0.2) is 0 Å². The monoisotopic (exact) mass is 618 g/mol. The second kappa shape index (κ2) is 9.97. The Bertz CT molecular complexity index is 891. The standard InChI is InChI=1S/C14H16F17N2O2S.FH/c1-33(2,3)6-4-5-32-36(34,35)14(30,31)12(25,26)10(21,22)8(17,18)7(15,16)9(19,20)11(23,24)13(27,28)29;/h32H,4-6H2,1-3H3;1H/q+1;/p-1. The molecule has 1 N–H and O–H groups in total. The highest BCUT2D eigenvalue weighted by Crippen LogP contribution is 2.64. The molecule has 0 radical (unpaired) electrons. The molecule has 0 aliphatic carbocycles. The lowest BCUT2D eigenvalue weighted by Gasteiger charge is -2.42. The van der Waals surface area contributed by atoms with Gasteiger partial charge in [-0.05, 0) is 0 Å². The summed E-state index contributed by atoms with van der Waals surface area (Å²) in [6.07, 6.45) is -8.37. The molecule has 0 atom stereocenters. The van der Waals surface area contributed by atoms with Crippen molar-refractivity contribution in [2.24, 2.45) is 0 Å². The Balaban J connectivity index is 0. The number of hydrogen-bond acceptors (Lipinski definition) is 2. The molecule has 226 valence electrons. The predicted molar refractivity (Wildman–Crippen MR) is 85.1 cm³/mol. The van der Waals surface area contributed by atoms with Gasteiger partial charge in [-0.3, -0.25) is 0 Å². The molecule has 0 amide bonds. The van der Waals surface area contributed by atoms with Crippen LogP contribution < -0.4 is 9.43 Å².